The zero-order valence-electron chi connectivity index (χ0n) is 12.3. The fourth-order valence-corrected chi connectivity index (χ4v) is 2.33. The Kier molecular flexibility index (Phi) is 4.08. The van der Waals surface area contributed by atoms with Crippen LogP contribution in [0.25, 0.3) is 0 Å². The zero-order chi connectivity index (χ0) is 14.7. The van der Waals surface area contributed by atoms with Crippen molar-refractivity contribution in [2.75, 3.05) is 11.9 Å². The lowest BCUT2D eigenvalue weighted by atomic mass is 10.1. The van der Waals surface area contributed by atoms with Crippen LogP contribution in [0.4, 0.5) is 5.69 Å². The van der Waals surface area contributed by atoms with Crippen LogP contribution in [0.15, 0.2) is 42.5 Å². The summed E-state index contributed by atoms with van der Waals surface area (Å²) >= 11 is 0. The number of amidine groups is 1. The van der Waals surface area contributed by atoms with Crippen LogP contribution in [-0.4, -0.2) is 12.9 Å². The fraction of sp³-hybridized carbons (Fsp3) is 0.235. The Balaban J connectivity index is 2.32. The molecule has 0 aliphatic rings. The third kappa shape index (κ3) is 2.99. The Bertz CT molecular complexity index is 632. The Morgan fingerprint density at radius 1 is 1.15 bits per heavy atom. The van der Waals surface area contributed by atoms with Gasteiger partial charge in [0, 0.05) is 24.8 Å². The third-order valence-electron chi connectivity index (χ3n) is 3.52. The molecule has 0 saturated heterocycles. The van der Waals surface area contributed by atoms with Crippen LogP contribution in [0.5, 0.6) is 0 Å². The standard InChI is InChI=1S/C17H21N3/c1-12-8-9-16(15(10-12)17(18)19)20(3)11-14-7-5-4-6-13(14)2/h4-10H,11H2,1-3H3,(H3,18,19). The van der Waals surface area contributed by atoms with E-state index in [1.54, 1.807) is 0 Å². The largest absolute Gasteiger partial charge is 0.384 e. The van der Waals surface area contributed by atoms with Crippen molar-refractivity contribution in [3.63, 3.8) is 0 Å². The Morgan fingerprint density at radius 3 is 2.50 bits per heavy atom. The summed E-state index contributed by atoms with van der Waals surface area (Å²) in [7, 11) is 2.03. The van der Waals surface area contributed by atoms with Crippen molar-refractivity contribution in [3.8, 4) is 0 Å². The van der Waals surface area contributed by atoms with Crippen molar-refractivity contribution in [2.24, 2.45) is 5.73 Å². The van der Waals surface area contributed by atoms with Gasteiger partial charge in [-0.15, -0.1) is 0 Å². The molecule has 0 aromatic heterocycles. The molecule has 0 amide bonds. The molecule has 0 fully saturated rings. The molecule has 2 aromatic rings. The van der Waals surface area contributed by atoms with Crippen LogP contribution in [0.3, 0.4) is 0 Å². The molecule has 0 atom stereocenters. The maximum atomic E-state index is 7.74. The molecule has 104 valence electrons. The summed E-state index contributed by atoms with van der Waals surface area (Å²) in [5.74, 6) is 0.111. The average Bonchev–Trinajstić information content (AvgIpc) is 2.41. The first-order valence-electron chi connectivity index (χ1n) is 6.69. The summed E-state index contributed by atoms with van der Waals surface area (Å²) in [5.41, 5.74) is 11.2. The molecular formula is C17H21N3. The molecule has 0 unspecified atom stereocenters. The summed E-state index contributed by atoms with van der Waals surface area (Å²) in [5, 5.41) is 7.74. The van der Waals surface area contributed by atoms with E-state index < -0.39 is 0 Å². The highest BCUT2D eigenvalue weighted by atomic mass is 15.1. The zero-order valence-corrected chi connectivity index (χ0v) is 12.3. The lowest BCUT2D eigenvalue weighted by Crippen LogP contribution is -2.22. The first kappa shape index (κ1) is 14.1. The monoisotopic (exact) mass is 267 g/mol. The van der Waals surface area contributed by atoms with Crippen molar-refractivity contribution >= 4 is 11.5 Å². The molecule has 0 radical (unpaired) electrons. The minimum absolute atomic E-state index is 0.111. The van der Waals surface area contributed by atoms with Crippen molar-refractivity contribution < 1.29 is 0 Å². The number of aryl methyl sites for hydroxylation is 2. The Morgan fingerprint density at radius 2 is 1.85 bits per heavy atom. The number of nitrogens with zero attached hydrogens (tertiary/aromatic N) is 1. The molecule has 20 heavy (non-hydrogen) atoms. The van der Waals surface area contributed by atoms with Crippen LogP contribution < -0.4 is 10.6 Å². The van der Waals surface area contributed by atoms with Crippen LogP contribution in [0.1, 0.15) is 22.3 Å². The minimum atomic E-state index is 0.111. The summed E-state index contributed by atoms with van der Waals surface area (Å²) in [4.78, 5) is 2.14. The molecule has 0 aliphatic carbocycles. The predicted octanol–water partition coefficient (Wildman–Crippen LogP) is 3.22. The maximum Gasteiger partial charge on any atom is 0.124 e. The molecule has 0 spiro atoms. The van der Waals surface area contributed by atoms with Gasteiger partial charge in [0.15, 0.2) is 0 Å². The molecule has 0 saturated carbocycles. The summed E-state index contributed by atoms with van der Waals surface area (Å²) in [6.45, 7) is 4.93. The average molecular weight is 267 g/mol. The molecule has 3 N–H and O–H groups in total. The topological polar surface area (TPSA) is 53.1 Å². The van der Waals surface area contributed by atoms with Crippen LogP contribution >= 0.6 is 0 Å². The minimum Gasteiger partial charge on any atom is -0.384 e. The van der Waals surface area contributed by atoms with E-state index in [0.29, 0.717) is 0 Å². The highest BCUT2D eigenvalue weighted by Gasteiger charge is 2.11. The lowest BCUT2D eigenvalue weighted by molar-refractivity contribution is 0.912. The van der Waals surface area contributed by atoms with Crippen molar-refractivity contribution in [1.82, 2.24) is 0 Å². The van der Waals surface area contributed by atoms with Crippen molar-refractivity contribution in [1.29, 1.82) is 5.41 Å². The lowest BCUT2D eigenvalue weighted by Gasteiger charge is -2.23. The molecule has 2 aromatic carbocycles. The van der Waals surface area contributed by atoms with Gasteiger partial charge in [-0.2, -0.15) is 0 Å². The van der Waals surface area contributed by atoms with Crippen LogP contribution in [0, 0.1) is 19.3 Å². The molecule has 3 heteroatoms. The van der Waals surface area contributed by atoms with E-state index in [-0.39, 0.29) is 5.84 Å². The van der Waals surface area contributed by atoms with Gasteiger partial charge in [0.2, 0.25) is 0 Å². The van der Waals surface area contributed by atoms with E-state index in [1.165, 1.54) is 11.1 Å². The van der Waals surface area contributed by atoms with Gasteiger partial charge < -0.3 is 10.6 Å². The number of hydrogen-bond acceptors (Lipinski definition) is 2. The highest BCUT2D eigenvalue weighted by molar-refractivity contribution is 6.00. The second kappa shape index (κ2) is 5.78. The van der Waals surface area contributed by atoms with E-state index >= 15 is 0 Å². The van der Waals surface area contributed by atoms with Gasteiger partial charge in [-0.05, 0) is 37.1 Å². The second-order valence-corrected chi connectivity index (χ2v) is 5.22. The van der Waals surface area contributed by atoms with Gasteiger partial charge in [-0.25, -0.2) is 0 Å². The van der Waals surface area contributed by atoms with Crippen LogP contribution in [-0.2, 0) is 6.54 Å². The van der Waals surface area contributed by atoms with Gasteiger partial charge in [0.05, 0.1) is 0 Å². The van der Waals surface area contributed by atoms with Gasteiger partial charge >= 0.3 is 0 Å². The van der Waals surface area contributed by atoms with Gasteiger partial charge in [-0.3, -0.25) is 5.41 Å². The van der Waals surface area contributed by atoms with E-state index in [9.17, 15) is 0 Å². The van der Waals surface area contributed by atoms with Crippen LogP contribution in [0.2, 0.25) is 0 Å². The van der Waals surface area contributed by atoms with E-state index in [1.807, 2.05) is 32.2 Å². The SMILES string of the molecule is Cc1ccc(N(C)Cc2ccccc2C)c(C(=N)N)c1. The number of nitrogens with two attached hydrogens (primary N) is 1. The summed E-state index contributed by atoms with van der Waals surface area (Å²) < 4.78 is 0. The Labute approximate surface area is 120 Å². The first-order chi connectivity index (χ1) is 9.49. The number of nitrogen functional groups attached to an aromatic ring is 1. The smallest absolute Gasteiger partial charge is 0.124 e. The predicted molar refractivity (Wildman–Crippen MR) is 85.5 cm³/mol. The molecule has 2 rings (SSSR count). The number of hydrogen-bond donors (Lipinski definition) is 2. The van der Waals surface area contributed by atoms with Crippen molar-refractivity contribution in [3.05, 3.63) is 64.7 Å². The molecule has 0 bridgehead atoms. The number of benzene rings is 2. The number of rotatable bonds is 4. The molecular weight excluding hydrogens is 246 g/mol. The van der Waals surface area contributed by atoms with Gasteiger partial charge in [-0.1, -0.05) is 35.9 Å². The van der Waals surface area contributed by atoms with Crippen molar-refractivity contribution in [2.45, 2.75) is 20.4 Å². The number of nitrogens with one attached hydrogen (secondary N) is 1. The third-order valence-corrected chi connectivity index (χ3v) is 3.52. The quantitative estimate of drug-likeness (QED) is 0.660. The molecule has 3 nitrogen and oxygen atoms in total. The summed E-state index contributed by atoms with van der Waals surface area (Å²) in [6, 6.07) is 14.4. The Hall–Kier alpha value is -2.29. The first-order valence-corrected chi connectivity index (χ1v) is 6.69. The fourth-order valence-electron chi connectivity index (χ4n) is 2.33. The summed E-state index contributed by atoms with van der Waals surface area (Å²) in [6.07, 6.45) is 0. The van der Waals surface area contributed by atoms with E-state index in [4.69, 9.17) is 11.1 Å². The maximum absolute atomic E-state index is 7.74. The van der Waals surface area contributed by atoms with Gasteiger partial charge in [0.1, 0.15) is 5.84 Å². The van der Waals surface area contributed by atoms with E-state index in [2.05, 4.69) is 36.1 Å². The highest BCUT2D eigenvalue weighted by Crippen LogP contribution is 2.23. The number of anilines is 1. The van der Waals surface area contributed by atoms with E-state index in [0.717, 1.165) is 23.4 Å². The molecule has 0 aliphatic heterocycles. The van der Waals surface area contributed by atoms with Gasteiger partial charge in [0.25, 0.3) is 0 Å². The second-order valence-electron chi connectivity index (χ2n) is 5.22. The normalized spacial score (nSPS) is 10.3. The molecule has 0 heterocycles.